The number of nitrogens with one attached hydrogen (secondary N) is 1. The molecule has 0 saturated heterocycles. The molecule has 6 heteroatoms. The van der Waals surface area contributed by atoms with Crippen molar-refractivity contribution in [3.05, 3.63) is 6.20 Å². The summed E-state index contributed by atoms with van der Waals surface area (Å²) >= 11 is 1.60. The standard InChI is InChI=1S/C8H15N3O2S/c1-4-6(8(12-2)13-3)14-7-5-9-11-10-7/h5-6,8H,4H2,1-3H3,(H,9,10,11)/t6-/m1/s1. The van der Waals surface area contributed by atoms with Crippen LogP contribution < -0.4 is 0 Å². The van der Waals surface area contributed by atoms with Crippen LogP contribution in [0.2, 0.25) is 0 Å². The van der Waals surface area contributed by atoms with Crippen molar-refractivity contribution in [1.82, 2.24) is 15.4 Å². The third-order valence-corrected chi connectivity index (χ3v) is 3.13. The van der Waals surface area contributed by atoms with Crippen LogP contribution in [0.25, 0.3) is 0 Å². The molecule has 0 saturated carbocycles. The lowest BCUT2D eigenvalue weighted by Gasteiger charge is -2.21. The lowest BCUT2D eigenvalue weighted by molar-refractivity contribution is -0.102. The van der Waals surface area contributed by atoms with E-state index in [0.29, 0.717) is 0 Å². The average Bonchev–Trinajstić information content (AvgIpc) is 2.70. The van der Waals surface area contributed by atoms with Crippen LogP contribution in [0.3, 0.4) is 0 Å². The van der Waals surface area contributed by atoms with Gasteiger partial charge in [-0.15, -0.1) is 5.10 Å². The summed E-state index contributed by atoms with van der Waals surface area (Å²) in [5, 5.41) is 11.4. The molecular weight excluding hydrogens is 202 g/mol. The second kappa shape index (κ2) is 6.00. The molecule has 0 bridgehead atoms. The lowest BCUT2D eigenvalue weighted by atomic mass is 10.3. The fourth-order valence-electron chi connectivity index (χ4n) is 1.13. The molecule has 80 valence electrons. The van der Waals surface area contributed by atoms with E-state index in [-0.39, 0.29) is 11.5 Å². The van der Waals surface area contributed by atoms with Gasteiger partial charge in [-0.1, -0.05) is 18.7 Å². The Morgan fingerprint density at radius 2 is 2.21 bits per heavy atom. The van der Waals surface area contributed by atoms with Gasteiger partial charge in [0.1, 0.15) is 5.03 Å². The third-order valence-electron chi connectivity index (χ3n) is 1.84. The molecule has 0 amide bonds. The fourth-order valence-corrected chi connectivity index (χ4v) is 2.15. The molecule has 0 radical (unpaired) electrons. The molecule has 14 heavy (non-hydrogen) atoms. The Labute approximate surface area is 87.6 Å². The van der Waals surface area contributed by atoms with Gasteiger partial charge in [-0.2, -0.15) is 10.3 Å². The molecule has 0 unspecified atom stereocenters. The zero-order chi connectivity index (χ0) is 10.4. The molecule has 1 aromatic heterocycles. The smallest absolute Gasteiger partial charge is 0.168 e. The summed E-state index contributed by atoms with van der Waals surface area (Å²) in [5.74, 6) is 0. The number of aromatic amines is 1. The number of nitrogens with zero attached hydrogens (tertiary/aromatic N) is 2. The van der Waals surface area contributed by atoms with Gasteiger partial charge < -0.3 is 9.47 Å². The molecule has 0 aromatic carbocycles. The number of aromatic nitrogens is 3. The predicted molar refractivity (Wildman–Crippen MR) is 54.1 cm³/mol. The van der Waals surface area contributed by atoms with Gasteiger partial charge in [-0.05, 0) is 6.42 Å². The van der Waals surface area contributed by atoms with Crippen molar-refractivity contribution in [3.63, 3.8) is 0 Å². The van der Waals surface area contributed by atoms with Gasteiger partial charge in [0, 0.05) is 14.2 Å². The van der Waals surface area contributed by atoms with Crippen LogP contribution >= 0.6 is 11.8 Å². The van der Waals surface area contributed by atoms with Crippen LogP contribution in [0.5, 0.6) is 0 Å². The van der Waals surface area contributed by atoms with E-state index in [1.165, 1.54) is 0 Å². The molecule has 0 aliphatic heterocycles. The highest BCUT2D eigenvalue weighted by Gasteiger charge is 2.21. The van der Waals surface area contributed by atoms with Crippen molar-refractivity contribution < 1.29 is 9.47 Å². The zero-order valence-electron chi connectivity index (χ0n) is 8.56. The number of ether oxygens (including phenoxy) is 2. The third kappa shape index (κ3) is 2.97. The molecule has 1 rings (SSSR count). The van der Waals surface area contributed by atoms with Gasteiger partial charge in [0.2, 0.25) is 0 Å². The van der Waals surface area contributed by atoms with Crippen molar-refractivity contribution in [2.24, 2.45) is 0 Å². The van der Waals surface area contributed by atoms with E-state index in [4.69, 9.17) is 9.47 Å². The molecule has 0 spiro atoms. The van der Waals surface area contributed by atoms with Crippen LogP contribution in [-0.4, -0.2) is 41.2 Å². The Kier molecular flexibility index (Phi) is 4.92. The first-order valence-corrected chi connectivity index (χ1v) is 5.27. The molecule has 1 N–H and O–H groups in total. The SMILES string of the molecule is CC[C@@H](Sc1cn[nH]n1)C(OC)OC. The van der Waals surface area contributed by atoms with E-state index in [9.17, 15) is 0 Å². The van der Waals surface area contributed by atoms with Crippen LogP contribution in [0.4, 0.5) is 0 Å². The molecule has 1 heterocycles. The van der Waals surface area contributed by atoms with Gasteiger partial charge in [0.15, 0.2) is 6.29 Å². The largest absolute Gasteiger partial charge is 0.355 e. The minimum absolute atomic E-state index is 0.207. The van der Waals surface area contributed by atoms with Gasteiger partial charge in [0.05, 0.1) is 11.4 Å². The predicted octanol–water partition coefficient (Wildman–Crippen LogP) is 1.29. The van der Waals surface area contributed by atoms with Crippen molar-refractivity contribution in [3.8, 4) is 0 Å². The van der Waals surface area contributed by atoms with Crippen molar-refractivity contribution in [2.45, 2.75) is 29.9 Å². The Morgan fingerprint density at radius 3 is 2.64 bits per heavy atom. The second-order valence-corrected chi connectivity index (χ2v) is 3.97. The van der Waals surface area contributed by atoms with E-state index in [1.54, 1.807) is 32.2 Å². The molecule has 0 aliphatic carbocycles. The Morgan fingerprint density at radius 1 is 1.50 bits per heavy atom. The van der Waals surface area contributed by atoms with E-state index in [1.807, 2.05) is 0 Å². The van der Waals surface area contributed by atoms with Gasteiger partial charge in [0.25, 0.3) is 0 Å². The maximum absolute atomic E-state index is 5.20. The molecular formula is C8H15N3O2S. The Hall–Kier alpha value is -0.590. The maximum atomic E-state index is 5.20. The summed E-state index contributed by atoms with van der Waals surface area (Å²) in [6.07, 6.45) is 2.43. The number of thioether (sulfide) groups is 1. The van der Waals surface area contributed by atoms with E-state index in [2.05, 4.69) is 22.3 Å². The van der Waals surface area contributed by atoms with Crippen LogP contribution in [0.15, 0.2) is 11.2 Å². The first-order valence-electron chi connectivity index (χ1n) is 4.39. The summed E-state index contributed by atoms with van der Waals surface area (Å²) in [6.45, 7) is 2.09. The van der Waals surface area contributed by atoms with Crippen LogP contribution in [0.1, 0.15) is 13.3 Å². The molecule has 1 atom stereocenters. The van der Waals surface area contributed by atoms with Crippen molar-refractivity contribution in [1.29, 1.82) is 0 Å². The number of hydrogen-bond donors (Lipinski definition) is 1. The highest BCUT2D eigenvalue weighted by atomic mass is 32.2. The average molecular weight is 217 g/mol. The number of H-pyrrole nitrogens is 1. The number of hydrogen-bond acceptors (Lipinski definition) is 5. The van der Waals surface area contributed by atoms with E-state index < -0.39 is 0 Å². The highest BCUT2D eigenvalue weighted by molar-refractivity contribution is 7.99. The maximum Gasteiger partial charge on any atom is 0.168 e. The lowest BCUT2D eigenvalue weighted by Crippen LogP contribution is -2.26. The van der Waals surface area contributed by atoms with E-state index >= 15 is 0 Å². The first kappa shape index (κ1) is 11.5. The summed E-state index contributed by atoms with van der Waals surface area (Å²) in [6, 6.07) is 0. The Balaban J connectivity index is 2.53. The monoisotopic (exact) mass is 217 g/mol. The minimum atomic E-state index is -0.207. The van der Waals surface area contributed by atoms with Gasteiger partial charge in [-0.3, -0.25) is 0 Å². The van der Waals surface area contributed by atoms with Crippen LogP contribution in [0, 0.1) is 0 Å². The van der Waals surface area contributed by atoms with Crippen LogP contribution in [-0.2, 0) is 9.47 Å². The summed E-state index contributed by atoms with van der Waals surface area (Å²) in [7, 11) is 3.28. The Bertz CT molecular complexity index is 239. The molecule has 5 nitrogen and oxygen atoms in total. The first-order chi connectivity index (χ1) is 6.81. The fraction of sp³-hybridized carbons (Fsp3) is 0.750. The zero-order valence-corrected chi connectivity index (χ0v) is 9.37. The highest BCUT2D eigenvalue weighted by Crippen LogP contribution is 2.26. The summed E-state index contributed by atoms with van der Waals surface area (Å²) < 4.78 is 10.4. The number of methoxy groups -OCH3 is 2. The minimum Gasteiger partial charge on any atom is -0.355 e. The van der Waals surface area contributed by atoms with Crippen molar-refractivity contribution in [2.75, 3.05) is 14.2 Å². The number of rotatable bonds is 6. The molecule has 0 aliphatic rings. The normalized spacial score (nSPS) is 13.4. The molecule has 0 fully saturated rings. The second-order valence-electron chi connectivity index (χ2n) is 2.71. The topological polar surface area (TPSA) is 60.0 Å². The van der Waals surface area contributed by atoms with Gasteiger partial charge in [-0.25, -0.2) is 0 Å². The summed E-state index contributed by atoms with van der Waals surface area (Å²) in [4.78, 5) is 0. The molecule has 1 aromatic rings. The van der Waals surface area contributed by atoms with Gasteiger partial charge >= 0.3 is 0 Å². The quantitative estimate of drug-likeness (QED) is 0.575. The summed E-state index contributed by atoms with van der Waals surface area (Å²) in [5.41, 5.74) is 0. The van der Waals surface area contributed by atoms with Crippen molar-refractivity contribution >= 4 is 11.8 Å². The van der Waals surface area contributed by atoms with E-state index in [0.717, 1.165) is 11.4 Å².